The molecule has 0 N–H and O–H groups in total. The highest BCUT2D eigenvalue weighted by atomic mass is 14.9. The van der Waals surface area contributed by atoms with Gasteiger partial charge in [0.1, 0.15) is 28.2 Å². The van der Waals surface area contributed by atoms with Crippen LogP contribution in [0.2, 0.25) is 0 Å². The lowest BCUT2D eigenvalue weighted by Gasteiger charge is -2.21. The van der Waals surface area contributed by atoms with Gasteiger partial charge >= 0.3 is 0 Å². The molecule has 4 aromatic heterocycles. The molecule has 14 rings (SSSR count). The first-order valence-electron chi connectivity index (χ1n) is 51.6. The number of hydrogen-bond acceptors (Lipinski definition) is 0. The molecule has 0 radical (unpaired) electrons. The number of pyridine rings is 4. The molecular formula is C104H112N4+4. The number of aryl methyl sites for hydroxylation is 19. The Morgan fingerprint density at radius 2 is 0.620 bits per heavy atom. The molecule has 108 heavy (non-hydrogen) atoms. The van der Waals surface area contributed by atoms with Gasteiger partial charge in [-0.15, -0.1) is 0 Å². The largest absolute Gasteiger partial charge is 0.213 e. The Labute approximate surface area is 692 Å². The van der Waals surface area contributed by atoms with E-state index in [0.29, 0.717) is 106 Å². The lowest BCUT2D eigenvalue weighted by molar-refractivity contribution is -0.660. The zero-order valence-electron chi connectivity index (χ0n) is 95.2. The molecule has 0 saturated heterocycles. The lowest BCUT2D eigenvalue weighted by atomic mass is 9.84. The quantitative estimate of drug-likeness (QED) is 0.115. The first kappa shape index (κ1) is 46.1. The molecule has 0 aliphatic heterocycles. The molecule has 10 aromatic carbocycles. The molecule has 4 nitrogen and oxygen atoms in total. The molecule has 0 unspecified atom stereocenters. The average Bonchev–Trinajstić information content (AvgIpc) is 0.733. The summed E-state index contributed by atoms with van der Waals surface area (Å²) in [4.78, 5) is 0. The van der Waals surface area contributed by atoms with Crippen molar-refractivity contribution in [2.24, 2.45) is 33.6 Å². The molecule has 0 aliphatic carbocycles. The topological polar surface area (TPSA) is 15.5 Å². The van der Waals surface area contributed by atoms with Crippen LogP contribution in [0, 0.1) is 109 Å². The van der Waals surface area contributed by atoms with E-state index in [4.69, 9.17) is 43.9 Å². The van der Waals surface area contributed by atoms with Crippen molar-refractivity contribution in [1.29, 1.82) is 0 Å². The maximum Gasteiger partial charge on any atom is 0.213 e. The summed E-state index contributed by atoms with van der Waals surface area (Å²) < 4.78 is 265. The summed E-state index contributed by atoms with van der Waals surface area (Å²) in [5, 5.41) is 0. The molecular weight excluding hydrogens is 1310 g/mol. The fourth-order valence-electron chi connectivity index (χ4n) is 13.5. The molecule has 0 atom stereocenters. The van der Waals surface area contributed by atoms with E-state index in [1.54, 1.807) is 159 Å². The second kappa shape index (κ2) is 33.7. The van der Waals surface area contributed by atoms with E-state index >= 15 is 0 Å². The molecule has 0 aliphatic rings. The SMILES string of the molecule is [2H]C([2H])([2H])c1c[n+](C)c(-c2cc(-c3ccccc3C([2H])([2H])[2H])ccc2C)cc1C.[2H]C([2H])([2H])c1cc(C)c(-c2cc(-c3ccccc3C([2H])([2H])[2H])c(C([2H])([2H])C(C)(C)C)c[n+]2C)cc1-c1ccccc1.[2H]C([2H])([2H])c1cc(C)c(-c2cc(-c3ccccc3C([2H])([2H])[2H])c(C([2H])([2H])[2H])c[n+]2C)cc1-c1ccccc1.[2H]C([2H])([2H])c1ccc(-c2cc(-c3ccccc3C([2H])([2H])[2H])c(C([2H])([2H])[2H])c[n+]2C)c(C)c1. The minimum Gasteiger partial charge on any atom is -0.201 e. The van der Waals surface area contributed by atoms with Gasteiger partial charge in [-0.2, -0.15) is 0 Å². The molecule has 0 saturated carbocycles. The highest BCUT2D eigenvalue weighted by Gasteiger charge is 2.26. The van der Waals surface area contributed by atoms with E-state index in [0.717, 1.165) is 50.2 Å². The summed E-state index contributed by atoms with van der Waals surface area (Å²) in [6.07, 6.45) is 4.58. The molecule has 0 fully saturated rings. The summed E-state index contributed by atoms with van der Waals surface area (Å²) in [5.41, 5.74) is 17.5. The number of benzene rings is 10. The van der Waals surface area contributed by atoms with Crippen molar-refractivity contribution in [2.45, 2.75) is 130 Å². The van der Waals surface area contributed by atoms with Crippen LogP contribution in [0.1, 0.15) is 154 Å². The third kappa shape index (κ3) is 17.9. The van der Waals surface area contributed by atoms with Crippen LogP contribution in [0.4, 0.5) is 0 Å². The van der Waals surface area contributed by atoms with Crippen molar-refractivity contribution in [2.75, 3.05) is 0 Å². The smallest absolute Gasteiger partial charge is 0.201 e. The van der Waals surface area contributed by atoms with Gasteiger partial charge in [0, 0.05) is 113 Å². The van der Waals surface area contributed by atoms with Crippen LogP contribution in [-0.4, -0.2) is 0 Å². The van der Waals surface area contributed by atoms with Crippen LogP contribution >= 0.6 is 0 Å². The van der Waals surface area contributed by atoms with Crippen molar-refractivity contribution < 1.29 is 62.1 Å². The van der Waals surface area contributed by atoms with Crippen LogP contribution in [0.3, 0.4) is 0 Å². The molecule has 14 aromatic rings. The summed E-state index contributed by atoms with van der Waals surface area (Å²) in [7, 11) is 7.09. The van der Waals surface area contributed by atoms with E-state index in [1.807, 2.05) is 180 Å². The van der Waals surface area contributed by atoms with Gasteiger partial charge in [0.15, 0.2) is 24.8 Å². The van der Waals surface area contributed by atoms with Crippen LogP contribution in [0.5, 0.6) is 0 Å². The zero-order valence-corrected chi connectivity index (χ0v) is 63.2. The summed E-state index contributed by atoms with van der Waals surface area (Å²) >= 11 is 0. The molecule has 544 valence electrons. The normalized spacial score (nSPS) is 16.8. The highest BCUT2D eigenvalue weighted by Crippen LogP contribution is 2.39. The Kier molecular flexibility index (Phi) is 14.4. The van der Waals surface area contributed by atoms with Crippen LogP contribution in [0.25, 0.3) is 112 Å². The van der Waals surface area contributed by atoms with Crippen molar-refractivity contribution in [3.05, 3.63) is 356 Å². The van der Waals surface area contributed by atoms with E-state index in [1.165, 1.54) is 30.6 Å². The van der Waals surface area contributed by atoms with Gasteiger partial charge in [0.25, 0.3) is 0 Å². The maximum absolute atomic E-state index is 9.14. The summed E-state index contributed by atoms with van der Waals surface area (Å²) in [5.74, 6) is 0. The second-order valence-corrected chi connectivity index (χ2v) is 28.4. The molecule has 4 heterocycles. The van der Waals surface area contributed by atoms with Gasteiger partial charge in [-0.25, -0.2) is 18.3 Å². The van der Waals surface area contributed by atoms with Crippen molar-refractivity contribution >= 4 is 0 Å². The van der Waals surface area contributed by atoms with E-state index < -0.39 is 80.3 Å². The predicted octanol–water partition coefficient (Wildman–Crippen LogP) is 24.9. The monoisotopic (exact) mass is 1450 g/mol. The Bertz CT molecular complexity index is 6920. The fourth-order valence-corrected chi connectivity index (χ4v) is 13.5. The third-order valence-electron chi connectivity index (χ3n) is 19.2. The third-order valence-corrected chi connectivity index (χ3v) is 19.2. The second-order valence-electron chi connectivity index (χ2n) is 28.4. The van der Waals surface area contributed by atoms with Crippen LogP contribution in [-0.2, 0) is 34.6 Å². The van der Waals surface area contributed by atoms with Gasteiger partial charge in [-0.3, -0.25) is 0 Å². The molecule has 4 heteroatoms. The van der Waals surface area contributed by atoms with Crippen LogP contribution < -0.4 is 18.3 Å². The summed E-state index contributed by atoms with van der Waals surface area (Å²) in [6.45, 7) is -8.79. The van der Waals surface area contributed by atoms with Crippen molar-refractivity contribution in [3.8, 4) is 112 Å². The minimum absolute atomic E-state index is 0.0282. The Balaban J connectivity index is 0.000000180. The van der Waals surface area contributed by atoms with Crippen molar-refractivity contribution in [1.82, 2.24) is 0 Å². The molecule has 0 bridgehead atoms. The van der Waals surface area contributed by atoms with E-state index in [2.05, 4.69) is 0 Å². The van der Waals surface area contributed by atoms with Crippen LogP contribution in [0.15, 0.2) is 267 Å². The van der Waals surface area contributed by atoms with Gasteiger partial charge in [0.05, 0.1) is 0 Å². The minimum atomic E-state index is -2.50. The average molecular weight is 1450 g/mol. The standard InChI is InChI=1S/C32H36N.C28H28N.2C22H24N/c1-22-13-11-12-16-27(22)30-19-31(33(7)21-26(30)20-32(4,5)6)29-18-28(23(2)17-24(29)3)25-14-9-8-10-15-25;1-19-11-9-10-14-24(19)26-17-28(29(5)18-22(26)4)27-16-25(20(2)15-21(27)3)23-12-7-6-8-13-23;1-15-10-11-20(17(3)12-15)22-13-21(18(4)14-23(22)5)19-9-7-6-8-16(19)2;1-15-8-6-7-9-20(15)19-11-10-16(2)21(13-19)22-12-17(3)18(4)14-23(22)5/h8-19,21H,20H2,1-7H3;6-18H,1-5H3;2*6-14H,1-5H3/q4*+1/i1D3,2D3,20D2;2*1D3,2D3,4D3;1D3,4D3. The van der Waals surface area contributed by atoms with E-state index in [9.17, 15) is 0 Å². The fraction of sp³-hybridized carbons (Fsp3) is 0.231. The molecule has 0 spiro atoms. The lowest BCUT2D eigenvalue weighted by Crippen LogP contribution is -2.32. The number of hydrogen-bond donors (Lipinski definition) is 0. The van der Waals surface area contributed by atoms with Gasteiger partial charge in [-0.05, 0) is 267 Å². The van der Waals surface area contributed by atoms with Gasteiger partial charge < -0.3 is 0 Å². The zero-order chi connectivity index (χ0) is 104. The summed E-state index contributed by atoms with van der Waals surface area (Å²) in [6, 6.07) is 70.0. The van der Waals surface area contributed by atoms with Crippen molar-refractivity contribution in [3.63, 3.8) is 0 Å². The predicted molar refractivity (Wildman–Crippen MR) is 459 cm³/mol. The van der Waals surface area contributed by atoms with E-state index in [-0.39, 0.29) is 44.5 Å². The Morgan fingerprint density at radius 1 is 0.241 bits per heavy atom. The van der Waals surface area contributed by atoms with Gasteiger partial charge in [0.2, 0.25) is 22.8 Å². The van der Waals surface area contributed by atoms with Gasteiger partial charge in [-0.1, -0.05) is 220 Å². The number of aromatic nitrogens is 4. The first-order chi connectivity index (χ1) is 64.4. The highest BCUT2D eigenvalue weighted by molar-refractivity contribution is 5.82. The maximum atomic E-state index is 9.14. The Hall–Kier alpha value is -11.2. The first-order valence-corrected chi connectivity index (χ1v) is 35.6. The Morgan fingerprint density at radius 3 is 1.07 bits per heavy atom. The molecule has 0 amide bonds. The number of rotatable bonds is 11. The number of nitrogens with zero attached hydrogens (tertiary/aromatic N) is 4.